The van der Waals surface area contributed by atoms with E-state index in [0.29, 0.717) is 6.04 Å². The van der Waals surface area contributed by atoms with Crippen molar-refractivity contribution >= 4 is 0 Å². The van der Waals surface area contributed by atoms with E-state index in [4.69, 9.17) is 0 Å². The maximum atomic E-state index is 4.27. The van der Waals surface area contributed by atoms with Crippen LogP contribution in [0.3, 0.4) is 0 Å². The fraction of sp³-hybridized carbons (Fsp3) is 0.588. The fourth-order valence-electron chi connectivity index (χ4n) is 3.23. The largest absolute Gasteiger partial charge is 0.352 e. The van der Waals surface area contributed by atoms with Gasteiger partial charge in [-0.05, 0) is 49.4 Å². The van der Waals surface area contributed by atoms with Gasteiger partial charge in [0.15, 0.2) is 0 Å². The third-order valence-electron chi connectivity index (χ3n) is 4.35. The molecule has 0 saturated heterocycles. The molecule has 21 heavy (non-hydrogen) atoms. The van der Waals surface area contributed by atoms with E-state index in [1.807, 2.05) is 23.1 Å². The fourth-order valence-corrected chi connectivity index (χ4v) is 3.23. The van der Waals surface area contributed by atoms with Gasteiger partial charge in [-0.1, -0.05) is 13.3 Å². The lowest BCUT2D eigenvalue weighted by Crippen LogP contribution is -2.21. The first-order chi connectivity index (χ1) is 10.4. The summed E-state index contributed by atoms with van der Waals surface area (Å²) in [4.78, 5) is 0. The third-order valence-corrected chi connectivity index (χ3v) is 4.35. The molecular weight excluding hydrogens is 260 g/mol. The van der Waals surface area contributed by atoms with Crippen molar-refractivity contribution in [3.05, 3.63) is 42.0 Å². The van der Waals surface area contributed by atoms with Crippen LogP contribution in [-0.2, 0) is 19.5 Å². The Morgan fingerprint density at radius 1 is 1.29 bits per heavy atom. The van der Waals surface area contributed by atoms with Crippen LogP contribution < -0.4 is 5.32 Å². The highest BCUT2D eigenvalue weighted by Gasteiger charge is 2.19. The molecule has 2 aromatic heterocycles. The van der Waals surface area contributed by atoms with Crippen molar-refractivity contribution in [1.82, 2.24) is 19.7 Å². The first-order valence-electron chi connectivity index (χ1n) is 8.26. The molecule has 3 rings (SSSR count). The molecule has 0 amide bonds. The van der Waals surface area contributed by atoms with Crippen molar-refractivity contribution in [2.24, 2.45) is 0 Å². The number of fused-ring (bicyclic) bond motifs is 1. The lowest BCUT2D eigenvalue weighted by molar-refractivity contribution is 0.485. The van der Waals surface area contributed by atoms with E-state index in [1.165, 1.54) is 37.7 Å². The number of nitrogens with one attached hydrogen (secondary N) is 1. The van der Waals surface area contributed by atoms with Crippen molar-refractivity contribution in [3.63, 3.8) is 0 Å². The van der Waals surface area contributed by atoms with Crippen molar-refractivity contribution in [1.29, 1.82) is 0 Å². The summed E-state index contributed by atoms with van der Waals surface area (Å²) in [5.41, 5.74) is 3.07. The Bertz CT molecular complexity index is 541. The summed E-state index contributed by atoms with van der Waals surface area (Å²) in [6, 6.07) is 2.53. The van der Waals surface area contributed by atoms with E-state index >= 15 is 0 Å². The van der Waals surface area contributed by atoms with Crippen LogP contribution in [0.15, 0.2) is 30.9 Å². The molecule has 0 aromatic carbocycles. The maximum absolute atomic E-state index is 4.27. The van der Waals surface area contributed by atoms with Gasteiger partial charge >= 0.3 is 0 Å². The highest BCUT2D eigenvalue weighted by molar-refractivity contribution is 5.29. The van der Waals surface area contributed by atoms with Gasteiger partial charge in [-0.2, -0.15) is 5.10 Å². The maximum Gasteiger partial charge on any atom is 0.0588 e. The second-order valence-electron chi connectivity index (χ2n) is 6.00. The monoisotopic (exact) mass is 286 g/mol. The Hall–Kier alpha value is -1.55. The summed E-state index contributed by atoms with van der Waals surface area (Å²) in [5, 5.41) is 7.99. The highest BCUT2D eigenvalue weighted by atomic mass is 15.3. The molecule has 0 fully saturated rings. The Kier molecular flexibility index (Phi) is 4.76. The Labute approximate surface area is 127 Å². The molecule has 1 unspecified atom stereocenters. The molecule has 0 spiro atoms. The topological polar surface area (TPSA) is 34.8 Å². The van der Waals surface area contributed by atoms with Gasteiger partial charge in [0.1, 0.15) is 0 Å². The van der Waals surface area contributed by atoms with Gasteiger partial charge < -0.3 is 9.88 Å². The molecule has 4 heteroatoms. The Balaban J connectivity index is 1.70. The predicted molar refractivity (Wildman–Crippen MR) is 85.2 cm³/mol. The molecule has 0 saturated carbocycles. The van der Waals surface area contributed by atoms with Crippen molar-refractivity contribution in [2.45, 2.75) is 58.2 Å². The van der Waals surface area contributed by atoms with Crippen LogP contribution in [0.4, 0.5) is 0 Å². The zero-order valence-electron chi connectivity index (χ0n) is 13.0. The van der Waals surface area contributed by atoms with E-state index in [1.54, 1.807) is 5.56 Å². The van der Waals surface area contributed by atoms with Crippen LogP contribution in [0.2, 0.25) is 0 Å². The van der Waals surface area contributed by atoms with Gasteiger partial charge in [-0.15, -0.1) is 0 Å². The van der Waals surface area contributed by atoms with E-state index in [2.05, 4.69) is 34.3 Å². The molecule has 1 atom stereocenters. The molecule has 1 aliphatic carbocycles. The quantitative estimate of drug-likeness (QED) is 0.828. The Morgan fingerprint density at radius 2 is 2.24 bits per heavy atom. The lowest BCUT2D eigenvalue weighted by atomic mass is 10.0. The summed E-state index contributed by atoms with van der Waals surface area (Å²) < 4.78 is 4.34. The second kappa shape index (κ2) is 6.94. The van der Waals surface area contributed by atoms with Gasteiger partial charge in [-0.25, -0.2) is 0 Å². The molecule has 2 aromatic rings. The molecule has 114 valence electrons. The number of hydrogen-bond acceptors (Lipinski definition) is 2. The average molecular weight is 286 g/mol. The number of aryl methyl sites for hydroxylation is 3. The van der Waals surface area contributed by atoms with Gasteiger partial charge in [0.25, 0.3) is 0 Å². The number of hydrogen-bond donors (Lipinski definition) is 1. The number of nitrogens with zero attached hydrogens (tertiary/aromatic N) is 3. The van der Waals surface area contributed by atoms with Crippen molar-refractivity contribution in [2.75, 3.05) is 6.54 Å². The minimum Gasteiger partial charge on any atom is -0.352 e. The van der Waals surface area contributed by atoms with Gasteiger partial charge in [0, 0.05) is 37.4 Å². The van der Waals surface area contributed by atoms with Crippen LogP contribution >= 0.6 is 0 Å². The molecule has 0 aliphatic heterocycles. The first kappa shape index (κ1) is 14.4. The molecule has 0 radical (unpaired) electrons. The van der Waals surface area contributed by atoms with Crippen molar-refractivity contribution < 1.29 is 0 Å². The lowest BCUT2D eigenvalue weighted by Gasteiger charge is -2.16. The van der Waals surface area contributed by atoms with Gasteiger partial charge in [-0.3, -0.25) is 4.68 Å². The molecule has 2 heterocycles. The zero-order chi connectivity index (χ0) is 14.5. The van der Waals surface area contributed by atoms with E-state index in [0.717, 1.165) is 19.6 Å². The third kappa shape index (κ3) is 3.56. The standard InChI is InChI=1S/C17H26N4/c1-2-8-18-17-7-4-3-6-15-13-20(14-16(15)17)11-12-21-10-5-9-19-21/h5,9-10,13-14,17-18H,2-4,6-8,11-12H2,1H3. The van der Waals surface area contributed by atoms with Crippen LogP contribution in [0.5, 0.6) is 0 Å². The van der Waals surface area contributed by atoms with Crippen LogP contribution in [-0.4, -0.2) is 20.9 Å². The van der Waals surface area contributed by atoms with Crippen LogP contribution in [0, 0.1) is 0 Å². The zero-order valence-corrected chi connectivity index (χ0v) is 13.0. The minimum absolute atomic E-state index is 0.549. The average Bonchev–Trinajstić information content (AvgIpc) is 3.11. The Morgan fingerprint density at radius 3 is 3.05 bits per heavy atom. The molecular formula is C17H26N4. The smallest absolute Gasteiger partial charge is 0.0588 e. The molecule has 0 bridgehead atoms. The van der Waals surface area contributed by atoms with Crippen LogP contribution in [0.1, 0.15) is 49.8 Å². The van der Waals surface area contributed by atoms with Gasteiger partial charge in [0.05, 0.1) is 6.54 Å². The second-order valence-corrected chi connectivity index (χ2v) is 6.00. The summed E-state index contributed by atoms with van der Waals surface area (Å²) in [6.07, 6.45) is 14.9. The van der Waals surface area contributed by atoms with E-state index in [9.17, 15) is 0 Å². The molecule has 1 aliphatic rings. The van der Waals surface area contributed by atoms with Gasteiger partial charge in [0.2, 0.25) is 0 Å². The normalized spacial score (nSPS) is 18.4. The summed E-state index contributed by atoms with van der Waals surface area (Å²) >= 11 is 0. The summed E-state index contributed by atoms with van der Waals surface area (Å²) in [5.74, 6) is 0. The molecule has 4 nitrogen and oxygen atoms in total. The number of aromatic nitrogens is 3. The summed E-state index contributed by atoms with van der Waals surface area (Å²) in [6.45, 7) is 5.28. The first-order valence-corrected chi connectivity index (χ1v) is 8.26. The number of rotatable bonds is 6. The van der Waals surface area contributed by atoms with Crippen molar-refractivity contribution in [3.8, 4) is 0 Å². The van der Waals surface area contributed by atoms with E-state index < -0.39 is 0 Å². The molecule has 1 N–H and O–H groups in total. The van der Waals surface area contributed by atoms with Crippen LogP contribution in [0.25, 0.3) is 0 Å². The predicted octanol–water partition coefficient (Wildman–Crippen LogP) is 3.15. The highest BCUT2D eigenvalue weighted by Crippen LogP contribution is 2.29. The minimum atomic E-state index is 0.549. The summed E-state index contributed by atoms with van der Waals surface area (Å²) in [7, 11) is 0. The van der Waals surface area contributed by atoms with E-state index in [-0.39, 0.29) is 0 Å². The SMILES string of the molecule is CCCNC1CCCCc2cn(CCn3cccn3)cc21.